The third kappa shape index (κ3) is 33.7. The van der Waals surface area contributed by atoms with Gasteiger partial charge in [-0.3, -0.25) is 38.4 Å². The Kier molecular flexibility index (Phi) is 32.5. The van der Waals surface area contributed by atoms with E-state index in [0.717, 1.165) is 0 Å². The summed E-state index contributed by atoms with van der Waals surface area (Å²) < 4.78 is 10.2. The van der Waals surface area contributed by atoms with Gasteiger partial charge in [0.1, 0.15) is 17.0 Å². The van der Waals surface area contributed by atoms with Crippen molar-refractivity contribution in [2.24, 2.45) is 23.7 Å². The van der Waals surface area contributed by atoms with E-state index in [-0.39, 0.29) is 112 Å². The minimum absolute atomic E-state index is 0.0126. The molecule has 0 bridgehead atoms. The van der Waals surface area contributed by atoms with E-state index >= 15 is 0 Å². The van der Waals surface area contributed by atoms with Crippen molar-refractivity contribution < 1.29 is 67.6 Å². The van der Waals surface area contributed by atoms with Crippen molar-refractivity contribution in [2.45, 2.75) is 164 Å². The predicted octanol–water partition coefficient (Wildman–Crippen LogP) is 5.28. The number of carboxylic acids is 2. The summed E-state index contributed by atoms with van der Waals surface area (Å²) >= 11 is 4.64. The van der Waals surface area contributed by atoms with Crippen molar-refractivity contribution in [1.29, 1.82) is 0 Å². The zero-order valence-corrected chi connectivity index (χ0v) is 41.3. The van der Waals surface area contributed by atoms with Gasteiger partial charge in [0.05, 0.1) is 18.0 Å². The van der Waals surface area contributed by atoms with Crippen LogP contribution in [0.1, 0.15) is 140 Å². The molecule has 20 heteroatoms. The summed E-state index contributed by atoms with van der Waals surface area (Å²) in [5, 5.41) is 28.5. The number of Topliss-reactive ketones (excluding diaryl/α,β-unsaturated/α-hetero) is 3. The number of carboxylic acid groups (broad SMARTS) is 2. The van der Waals surface area contributed by atoms with Gasteiger partial charge in [-0.2, -0.15) is 0 Å². The number of ether oxygens (including phenoxy) is 2. The Balaban J connectivity index is -0.00000112. The van der Waals surface area contributed by atoms with Crippen LogP contribution in [0.4, 0.5) is 9.59 Å². The third-order valence-corrected chi connectivity index (χ3v) is 8.89. The molecule has 0 saturated carbocycles. The van der Waals surface area contributed by atoms with Crippen molar-refractivity contribution in [1.82, 2.24) is 26.2 Å². The van der Waals surface area contributed by atoms with Crippen molar-refractivity contribution >= 4 is 70.8 Å². The first-order valence-electron chi connectivity index (χ1n) is 21.5. The number of alkyl carbamates (subject to hydrolysis) is 2. The number of nitrogens with zero attached hydrogens (tertiary/aromatic N) is 1. The van der Waals surface area contributed by atoms with Crippen LogP contribution in [0.15, 0.2) is 0 Å². The van der Waals surface area contributed by atoms with Crippen molar-refractivity contribution in [3.8, 4) is 0 Å². The lowest BCUT2D eigenvalue weighted by Crippen LogP contribution is -2.45. The fourth-order valence-corrected chi connectivity index (χ4v) is 5.58. The normalized spacial score (nSPS) is 12.9. The van der Waals surface area contributed by atoms with Crippen LogP contribution in [-0.2, 0) is 47.8 Å². The number of hydrogen-bond donors (Lipinski definition) is 6. The van der Waals surface area contributed by atoms with Crippen LogP contribution < -0.4 is 21.3 Å². The summed E-state index contributed by atoms with van der Waals surface area (Å²) in [6.07, 6.45) is 0.981. The molecule has 0 aromatic carbocycles. The lowest BCUT2D eigenvalue weighted by Gasteiger charge is -2.24. The Morgan fingerprint density at radius 3 is 1.27 bits per heavy atom. The Labute approximate surface area is 384 Å². The van der Waals surface area contributed by atoms with Gasteiger partial charge in [-0.05, 0) is 86.0 Å². The lowest BCUT2D eigenvalue weighted by atomic mass is 9.89. The van der Waals surface area contributed by atoms with Gasteiger partial charge < -0.3 is 45.9 Å². The van der Waals surface area contributed by atoms with Crippen molar-refractivity contribution in [3.05, 3.63) is 0 Å². The molecule has 0 saturated heterocycles. The van der Waals surface area contributed by atoms with Gasteiger partial charge in [-0.15, -0.1) is 11.6 Å². The SMILES string of the molecule is CC(=O)[C@H](CCNC(=O)OC(C)(C)C)CC(=O)[C@@H](NC(=O)CCCC(=O)O)C(C)C.CC(C)[C@H](NC(=O)CCCC(=O)N(C)C)C(=O)C[C@@H](CCNC(=O)OC(C)(C)C)C(=O)O.CCl. The Morgan fingerprint density at radius 1 is 0.594 bits per heavy atom. The summed E-state index contributed by atoms with van der Waals surface area (Å²) in [5.41, 5.74) is -1.30. The Hall–Kier alpha value is -4.81. The highest BCUT2D eigenvalue weighted by atomic mass is 35.5. The number of carbonyl (C=O) groups is 10. The molecule has 6 N–H and O–H groups in total. The van der Waals surface area contributed by atoms with E-state index in [4.69, 9.17) is 14.6 Å². The molecule has 0 aliphatic carbocycles. The first kappa shape index (κ1) is 63.5. The fourth-order valence-electron chi connectivity index (χ4n) is 5.58. The number of alkyl halides is 1. The molecule has 0 unspecified atom stereocenters. The van der Waals surface area contributed by atoms with Gasteiger partial charge in [0, 0.05) is 78.0 Å². The molecule has 4 atom stereocenters. The molecule has 5 amide bonds. The number of carbonyl (C=O) groups excluding carboxylic acids is 8. The second-order valence-corrected chi connectivity index (χ2v) is 18.1. The highest BCUT2D eigenvalue weighted by Crippen LogP contribution is 2.17. The smallest absolute Gasteiger partial charge is 0.407 e. The lowest BCUT2D eigenvalue weighted by molar-refractivity contribution is -0.144. The second-order valence-electron chi connectivity index (χ2n) is 18.1. The van der Waals surface area contributed by atoms with Crippen LogP contribution in [0.2, 0.25) is 0 Å². The molecule has 0 aliphatic rings. The topological polar surface area (TPSA) is 281 Å². The number of amides is 5. The van der Waals surface area contributed by atoms with E-state index < -0.39 is 65.2 Å². The molecule has 0 aliphatic heterocycles. The highest BCUT2D eigenvalue weighted by molar-refractivity contribution is 6.15. The quantitative estimate of drug-likeness (QED) is 0.0603. The number of ketones is 3. The van der Waals surface area contributed by atoms with E-state index in [1.165, 1.54) is 18.2 Å². The highest BCUT2D eigenvalue weighted by Gasteiger charge is 2.31. The Bertz CT molecular complexity index is 1520. The number of rotatable bonds is 26. The van der Waals surface area contributed by atoms with Gasteiger partial charge in [0.15, 0.2) is 11.6 Å². The maximum atomic E-state index is 12.7. The number of halogens is 1. The first-order valence-corrected chi connectivity index (χ1v) is 22.2. The van der Waals surface area contributed by atoms with E-state index in [0.29, 0.717) is 6.42 Å². The monoisotopic (exact) mass is 936 g/mol. The standard InChI is InChI=1S/C22H39N3O7.C21H36N2O7.CH3Cl/c1-14(2)19(24-17(27)9-8-10-18(28)25(6)7)16(26)13-15(20(29)30)11-12-23-21(31)32-22(3,4)5;1-13(2)19(23-17(26)8-7-9-18(27)28)16(25)12-15(14(3)24)10-11-22-20(29)30-21(4,5)6;1-2/h14-15,19H,8-13H2,1-7H3,(H,23,31)(H,24,27)(H,29,30);13,15,19H,7-12H2,1-6H3,(H,22,29)(H,23,26)(H,27,28);1H3/t2*15-,19+;/m11./s1. The number of hydrogen-bond acceptors (Lipinski definition) is 12. The molecule has 0 heterocycles. The summed E-state index contributed by atoms with van der Waals surface area (Å²) in [4.78, 5) is 120. The van der Waals surface area contributed by atoms with Gasteiger partial charge in [-0.25, -0.2) is 9.59 Å². The zero-order chi connectivity index (χ0) is 50.5. The summed E-state index contributed by atoms with van der Waals surface area (Å²) in [7, 11) is 3.27. The molecule has 0 aromatic heterocycles. The molecule has 19 nitrogen and oxygen atoms in total. The van der Waals surface area contributed by atoms with Crippen LogP contribution in [0.5, 0.6) is 0 Å². The van der Waals surface area contributed by atoms with Crippen LogP contribution in [0.3, 0.4) is 0 Å². The van der Waals surface area contributed by atoms with Crippen LogP contribution in [0, 0.1) is 23.7 Å². The molecule has 0 fully saturated rings. The van der Waals surface area contributed by atoms with E-state index in [9.17, 15) is 53.1 Å². The minimum Gasteiger partial charge on any atom is -0.481 e. The molecule has 0 rings (SSSR count). The van der Waals surface area contributed by atoms with Crippen molar-refractivity contribution in [3.63, 3.8) is 0 Å². The van der Waals surface area contributed by atoms with E-state index in [2.05, 4.69) is 32.9 Å². The van der Waals surface area contributed by atoms with Gasteiger partial charge in [-0.1, -0.05) is 27.7 Å². The molecular formula is C44H78ClN5O14. The molecule has 0 spiro atoms. The largest absolute Gasteiger partial charge is 0.481 e. The summed E-state index contributed by atoms with van der Waals surface area (Å²) in [6.45, 7) is 19.1. The molecular weight excluding hydrogens is 858 g/mol. The minimum atomic E-state index is -1.15. The van der Waals surface area contributed by atoms with Gasteiger partial charge >= 0.3 is 24.1 Å². The molecule has 370 valence electrons. The van der Waals surface area contributed by atoms with Crippen LogP contribution in [0.25, 0.3) is 0 Å². The van der Waals surface area contributed by atoms with Crippen molar-refractivity contribution in [2.75, 3.05) is 33.6 Å². The fraction of sp³-hybridized carbons (Fsp3) is 0.773. The summed E-state index contributed by atoms with van der Waals surface area (Å²) in [6, 6.07) is -1.59. The van der Waals surface area contributed by atoms with Crippen LogP contribution >= 0.6 is 11.6 Å². The molecule has 0 radical (unpaired) electrons. The van der Waals surface area contributed by atoms with Crippen LogP contribution in [-0.4, -0.2) is 131 Å². The summed E-state index contributed by atoms with van der Waals surface area (Å²) in [5.74, 6) is -5.82. The Morgan fingerprint density at radius 2 is 0.953 bits per heavy atom. The zero-order valence-electron chi connectivity index (χ0n) is 40.6. The van der Waals surface area contributed by atoms with Gasteiger partial charge in [0.25, 0.3) is 0 Å². The van der Waals surface area contributed by atoms with Gasteiger partial charge in [0.2, 0.25) is 17.7 Å². The third-order valence-electron chi connectivity index (χ3n) is 8.89. The maximum absolute atomic E-state index is 12.7. The maximum Gasteiger partial charge on any atom is 0.407 e. The average molecular weight is 937 g/mol. The van der Waals surface area contributed by atoms with E-state index in [1.54, 1.807) is 83.3 Å². The predicted molar refractivity (Wildman–Crippen MR) is 242 cm³/mol. The number of nitrogens with one attached hydrogen (secondary N) is 4. The van der Waals surface area contributed by atoms with E-state index in [1.807, 2.05) is 0 Å². The number of aliphatic carboxylic acids is 2. The second kappa shape index (κ2) is 32.8. The average Bonchev–Trinajstić information content (AvgIpc) is 3.14. The molecule has 64 heavy (non-hydrogen) atoms. The first-order chi connectivity index (χ1) is 29.4. The molecule has 0 aromatic rings.